The van der Waals surface area contributed by atoms with Crippen molar-refractivity contribution in [2.24, 2.45) is 5.92 Å². The van der Waals surface area contributed by atoms with E-state index >= 15 is 0 Å². The third-order valence-corrected chi connectivity index (χ3v) is 4.27. The molecule has 1 heterocycles. The highest BCUT2D eigenvalue weighted by molar-refractivity contribution is 5.84. The average molecular weight is 342 g/mol. The summed E-state index contributed by atoms with van der Waals surface area (Å²) in [5, 5.41) is 2.78. The number of carbonyl (C=O) groups excluding carboxylic acids is 2. The van der Waals surface area contributed by atoms with Crippen LogP contribution in [0.4, 0.5) is 0 Å². The van der Waals surface area contributed by atoms with Crippen molar-refractivity contribution in [2.75, 3.05) is 7.11 Å². The van der Waals surface area contributed by atoms with Crippen LogP contribution in [0.2, 0.25) is 0 Å². The lowest BCUT2D eigenvalue weighted by Gasteiger charge is -2.15. The first-order valence-corrected chi connectivity index (χ1v) is 8.54. The van der Waals surface area contributed by atoms with Crippen LogP contribution in [0.25, 0.3) is 11.3 Å². The van der Waals surface area contributed by atoms with Crippen molar-refractivity contribution in [1.29, 1.82) is 0 Å². The highest BCUT2D eigenvalue weighted by Gasteiger charge is 2.37. The fraction of sp³-hybridized carbons (Fsp3) is 0.421. The Bertz CT molecular complexity index is 722. The molecule has 1 amide bonds. The molecule has 25 heavy (non-hydrogen) atoms. The monoisotopic (exact) mass is 342 g/mol. The fourth-order valence-corrected chi connectivity index (χ4v) is 2.73. The molecule has 0 aliphatic heterocycles. The van der Waals surface area contributed by atoms with Crippen LogP contribution in [-0.2, 0) is 20.7 Å². The molecule has 6 nitrogen and oxygen atoms in total. The Morgan fingerprint density at radius 2 is 2.08 bits per heavy atom. The van der Waals surface area contributed by atoms with E-state index in [4.69, 9.17) is 9.15 Å². The Kier molecular flexibility index (Phi) is 5.48. The normalized spacial score (nSPS) is 14.8. The minimum atomic E-state index is -0.510. The molecular weight excluding hydrogens is 320 g/mol. The molecule has 0 radical (unpaired) electrons. The maximum atomic E-state index is 12.1. The van der Waals surface area contributed by atoms with Gasteiger partial charge in [-0.2, -0.15) is 0 Å². The Labute approximate surface area is 146 Å². The van der Waals surface area contributed by atoms with E-state index in [1.807, 2.05) is 30.3 Å². The molecule has 1 aromatic carbocycles. The zero-order chi connectivity index (χ0) is 17.6. The highest BCUT2D eigenvalue weighted by Crippen LogP contribution is 2.33. The number of ether oxygens (including phenoxy) is 1. The van der Waals surface area contributed by atoms with Gasteiger partial charge in [-0.15, -0.1) is 0 Å². The fourth-order valence-electron chi connectivity index (χ4n) is 2.73. The van der Waals surface area contributed by atoms with Gasteiger partial charge >= 0.3 is 5.97 Å². The standard InChI is InChI=1S/C19H22N2O4/c1-24-19(23)18(14-10-11-14)21-16(22)8-5-9-17-20-12-15(25-17)13-6-3-2-4-7-13/h2-4,6-7,12,14,18H,5,8-11H2,1H3,(H,21,22). The quantitative estimate of drug-likeness (QED) is 0.746. The minimum Gasteiger partial charge on any atom is -0.467 e. The number of rotatable bonds is 8. The average Bonchev–Trinajstić information content (AvgIpc) is 3.37. The number of amides is 1. The molecule has 1 unspecified atom stereocenters. The van der Waals surface area contributed by atoms with E-state index in [2.05, 4.69) is 10.3 Å². The number of esters is 1. The summed E-state index contributed by atoms with van der Waals surface area (Å²) in [7, 11) is 1.34. The lowest BCUT2D eigenvalue weighted by Crippen LogP contribution is -2.43. The molecule has 0 saturated heterocycles. The second kappa shape index (κ2) is 7.96. The molecule has 2 aromatic rings. The SMILES string of the molecule is COC(=O)C(NC(=O)CCCc1ncc(-c2ccccc2)o1)C1CC1. The number of aromatic nitrogens is 1. The predicted octanol–water partition coefficient (Wildman–Crippen LogP) is 2.73. The van der Waals surface area contributed by atoms with Crippen molar-refractivity contribution in [3.8, 4) is 11.3 Å². The molecule has 1 aliphatic carbocycles. The van der Waals surface area contributed by atoms with Gasteiger partial charge in [-0.25, -0.2) is 9.78 Å². The van der Waals surface area contributed by atoms with Crippen molar-refractivity contribution in [2.45, 2.75) is 38.1 Å². The van der Waals surface area contributed by atoms with E-state index in [0.717, 1.165) is 24.2 Å². The number of nitrogens with zero attached hydrogens (tertiary/aromatic N) is 1. The summed E-state index contributed by atoms with van der Waals surface area (Å²) >= 11 is 0. The molecule has 1 atom stereocenters. The van der Waals surface area contributed by atoms with Gasteiger partial charge in [0.15, 0.2) is 11.7 Å². The van der Waals surface area contributed by atoms with Gasteiger partial charge in [0.05, 0.1) is 13.3 Å². The maximum Gasteiger partial charge on any atom is 0.328 e. The Morgan fingerprint density at radius 1 is 1.32 bits per heavy atom. The van der Waals surface area contributed by atoms with Crippen LogP contribution in [-0.4, -0.2) is 30.0 Å². The van der Waals surface area contributed by atoms with Crippen LogP contribution in [0.5, 0.6) is 0 Å². The number of hydrogen-bond acceptors (Lipinski definition) is 5. The molecule has 3 rings (SSSR count). The summed E-state index contributed by atoms with van der Waals surface area (Å²) in [6.07, 6.45) is 5.12. The third kappa shape index (κ3) is 4.68. The van der Waals surface area contributed by atoms with E-state index in [1.54, 1.807) is 6.20 Å². The van der Waals surface area contributed by atoms with Gasteiger partial charge < -0.3 is 14.5 Å². The number of carbonyl (C=O) groups is 2. The van der Waals surface area contributed by atoms with Crippen molar-refractivity contribution in [3.63, 3.8) is 0 Å². The van der Waals surface area contributed by atoms with E-state index < -0.39 is 6.04 Å². The van der Waals surface area contributed by atoms with Gasteiger partial charge in [0, 0.05) is 18.4 Å². The number of nitrogens with one attached hydrogen (secondary N) is 1. The second-order valence-electron chi connectivity index (χ2n) is 6.24. The topological polar surface area (TPSA) is 81.4 Å². The van der Waals surface area contributed by atoms with E-state index in [1.165, 1.54) is 7.11 Å². The van der Waals surface area contributed by atoms with Gasteiger partial charge in [0.25, 0.3) is 0 Å². The van der Waals surface area contributed by atoms with Gasteiger partial charge in [-0.3, -0.25) is 4.79 Å². The number of aryl methyl sites for hydroxylation is 1. The van der Waals surface area contributed by atoms with E-state index in [0.29, 0.717) is 25.2 Å². The van der Waals surface area contributed by atoms with Crippen molar-refractivity contribution in [1.82, 2.24) is 10.3 Å². The zero-order valence-corrected chi connectivity index (χ0v) is 14.2. The van der Waals surface area contributed by atoms with Crippen LogP contribution in [0.1, 0.15) is 31.6 Å². The summed E-state index contributed by atoms with van der Waals surface area (Å²) in [6.45, 7) is 0. The summed E-state index contributed by atoms with van der Waals surface area (Å²) in [6, 6.07) is 9.25. The van der Waals surface area contributed by atoms with Crippen LogP contribution < -0.4 is 5.32 Å². The Hall–Kier alpha value is -2.63. The lowest BCUT2D eigenvalue weighted by atomic mass is 10.1. The first kappa shape index (κ1) is 17.2. The van der Waals surface area contributed by atoms with Crippen molar-refractivity contribution >= 4 is 11.9 Å². The maximum absolute atomic E-state index is 12.1. The molecule has 0 bridgehead atoms. The van der Waals surface area contributed by atoms with Gasteiger partial charge in [0.2, 0.25) is 5.91 Å². The van der Waals surface area contributed by atoms with E-state index in [9.17, 15) is 9.59 Å². The van der Waals surface area contributed by atoms with Crippen LogP contribution in [0.15, 0.2) is 40.9 Å². The third-order valence-electron chi connectivity index (χ3n) is 4.27. The van der Waals surface area contributed by atoms with Gasteiger partial charge in [-0.05, 0) is 25.2 Å². The second-order valence-corrected chi connectivity index (χ2v) is 6.24. The minimum absolute atomic E-state index is 0.142. The summed E-state index contributed by atoms with van der Waals surface area (Å²) in [5.41, 5.74) is 0.976. The molecular formula is C19H22N2O4. The summed E-state index contributed by atoms with van der Waals surface area (Å²) in [5.74, 6) is 1.04. The Balaban J connectivity index is 1.45. The molecule has 6 heteroatoms. The Morgan fingerprint density at radius 3 is 2.76 bits per heavy atom. The largest absolute Gasteiger partial charge is 0.467 e. The van der Waals surface area contributed by atoms with Crippen LogP contribution in [0.3, 0.4) is 0 Å². The number of oxazole rings is 1. The first-order valence-electron chi connectivity index (χ1n) is 8.54. The lowest BCUT2D eigenvalue weighted by molar-refractivity contribution is -0.145. The summed E-state index contributed by atoms with van der Waals surface area (Å²) < 4.78 is 10.5. The van der Waals surface area contributed by atoms with E-state index in [-0.39, 0.29) is 17.8 Å². The van der Waals surface area contributed by atoms with Crippen molar-refractivity contribution in [3.05, 3.63) is 42.4 Å². The number of methoxy groups -OCH3 is 1. The first-order chi connectivity index (χ1) is 12.2. The summed E-state index contributed by atoms with van der Waals surface area (Å²) in [4.78, 5) is 28.0. The molecule has 1 aliphatic rings. The smallest absolute Gasteiger partial charge is 0.328 e. The van der Waals surface area contributed by atoms with Crippen molar-refractivity contribution < 1.29 is 18.7 Å². The predicted molar refractivity (Wildman–Crippen MR) is 91.5 cm³/mol. The molecule has 132 valence electrons. The van der Waals surface area contributed by atoms with Gasteiger partial charge in [-0.1, -0.05) is 30.3 Å². The molecule has 1 aromatic heterocycles. The molecule has 1 N–H and O–H groups in total. The van der Waals surface area contributed by atoms with Gasteiger partial charge in [0.1, 0.15) is 6.04 Å². The highest BCUT2D eigenvalue weighted by atomic mass is 16.5. The van der Waals surface area contributed by atoms with Crippen LogP contribution >= 0.6 is 0 Å². The molecule has 1 saturated carbocycles. The number of benzene rings is 1. The number of hydrogen-bond donors (Lipinski definition) is 1. The zero-order valence-electron chi connectivity index (χ0n) is 14.2. The molecule has 1 fully saturated rings. The van der Waals surface area contributed by atoms with Crippen LogP contribution in [0, 0.1) is 5.92 Å². The molecule has 0 spiro atoms.